The summed E-state index contributed by atoms with van der Waals surface area (Å²) in [5.74, 6) is 0.120. The maximum atomic E-state index is 10.7. The van der Waals surface area contributed by atoms with Crippen LogP contribution in [0.2, 0.25) is 0 Å². The normalized spacial score (nSPS) is 11.8. The van der Waals surface area contributed by atoms with E-state index in [0.717, 1.165) is 31.6 Å². The van der Waals surface area contributed by atoms with Crippen molar-refractivity contribution in [2.45, 2.75) is 56.5 Å². The Morgan fingerprint density at radius 3 is 2.40 bits per heavy atom. The van der Waals surface area contributed by atoms with Gasteiger partial charge in [0.05, 0.1) is 5.75 Å². The molecule has 0 aliphatic rings. The second-order valence-electron chi connectivity index (χ2n) is 4.62. The van der Waals surface area contributed by atoms with Crippen molar-refractivity contribution in [1.29, 1.82) is 0 Å². The number of nitrogens with zero attached hydrogens (tertiary/aromatic N) is 3. The summed E-state index contributed by atoms with van der Waals surface area (Å²) in [6.45, 7) is 7.27. The Morgan fingerprint density at radius 1 is 1.30 bits per heavy atom. The minimum atomic E-state index is -0.829. The van der Waals surface area contributed by atoms with Crippen LogP contribution in [0.3, 0.4) is 0 Å². The predicted octanol–water partition coefficient (Wildman–Crippen LogP) is 2.94. The second-order valence-corrected chi connectivity index (χ2v) is 6.83. The molecule has 114 valence electrons. The highest BCUT2D eigenvalue weighted by Crippen LogP contribution is 2.34. The molecule has 0 aromatic carbocycles. The van der Waals surface area contributed by atoms with E-state index in [-0.39, 0.29) is 10.5 Å². The second kappa shape index (κ2) is 7.93. The van der Waals surface area contributed by atoms with Crippen LogP contribution in [0.4, 0.5) is 0 Å². The Kier molecular flexibility index (Phi) is 6.88. The van der Waals surface area contributed by atoms with E-state index in [2.05, 4.69) is 34.9 Å². The molecular formula is C13H23N3O2S2. The largest absolute Gasteiger partial charge is 0.481 e. The van der Waals surface area contributed by atoms with Gasteiger partial charge in [0.25, 0.3) is 0 Å². The Hall–Kier alpha value is -0.690. The fourth-order valence-corrected chi connectivity index (χ4v) is 3.60. The van der Waals surface area contributed by atoms with E-state index >= 15 is 0 Å². The van der Waals surface area contributed by atoms with Crippen LogP contribution in [0.5, 0.6) is 0 Å². The maximum absolute atomic E-state index is 10.7. The number of hydrogen-bond donors (Lipinski definition) is 1. The predicted molar refractivity (Wildman–Crippen MR) is 84.6 cm³/mol. The lowest BCUT2D eigenvalue weighted by Gasteiger charge is -2.31. The first-order valence-corrected chi connectivity index (χ1v) is 9.04. The van der Waals surface area contributed by atoms with Gasteiger partial charge in [0.2, 0.25) is 0 Å². The van der Waals surface area contributed by atoms with Crippen molar-refractivity contribution in [3.05, 3.63) is 5.82 Å². The van der Waals surface area contributed by atoms with E-state index in [0.29, 0.717) is 5.16 Å². The molecule has 0 fully saturated rings. The van der Waals surface area contributed by atoms with Crippen molar-refractivity contribution in [3.8, 4) is 0 Å². The van der Waals surface area contributed by atoms with Crippen LogP contribution in [0.1, 0.15) is 39.4 Å². The first-order valence-electron chi connectivity index (χ1n) is 6.83. The smallest absolute Gasteiger partial charge is 0.313 e. The fraction of sp³-hybridized carbons (Fsp3) is 0.769. The molecule has 0 saturated heterocycles. The minimum absolute atomic E-state index is 0.0202. The van der Waals surface area contributed by atoms with E-state index in [9.17, 15) is 4.79 Å². The molecular weight excluding hydrogens is 294 g/mol. The highest BCUT2D eigenvalue weighted by molar-refractivity contribution is 8.00. The molecule has 0 saturated carbocycles. The average Bonchev–Trinajstić information content (AvgIpc) is 2.84. The van der Waals surface area contributed by atoms with Crippen molar-refractivity contribution < 1.29 is 9.90 Å². The standard InChI is InChI=1S/C13H23N3O2S2/c1-5-10-14-15-12(20-8-11(17)18)16(10)9-13(6-2,7-3)19-4/h5-9H2,1-4H3,(H,17,18). The molecule has 0 spiro atoms. The lowest BCUT2D eigenvalue weighted by Crippen LogP contribution is -2.30. The molecule has 0 radical (unpaired) electrons. The first-order chi connectivity index (χ1) is 9.51. The number of thioether (sulfide) groups is 2. The van der Waals surface area contributed by atoms with E-state index in [1.54, 1.807) is 0 Å². The average molecular weight is 317 g/mol. The number of aryl methyl sites for hydroxylation is 1. The number of aliphatic carboxylic acids is 1. The molecule has 20 heavy (non-hydrogen) atoms. The first kappa shape index (κ1) is 17.4. The zero-order valence-corrected chi connectivity index (χ0v) is 14.2. The van der Waals surface area contributed by atoms with Gasteiger partial charge in [0.15, 0.2) is 5.16 Å². The number of aromatic nitrogens is 3. The van der Waals surface area contributed by atoms with Crippen LogP contribution < -0.4 is 0 Å². The Balaban J connectivity index is 3.01. The van der Waals surface area contributed by atoms with Crippen LogP contribution in [0.15, 0.2) is 5.16 Å². The molecule has 0 unspecified atom stereocenters. The third-order valence-corrected chi connectivity index (χ3v) is 6.13. The van der Waals surface area contributed by atoms with Gasteiger partial charge in [-0.05, 0) is 19.1 Å². The van der Waals surface area contributed by atoms with Crippen LogP contribution in [0, 0.1) is 0 Å². The summed E-state index contributed by atoms with van der Waals surface area (Å²) in [6, 6.07) is 0. The molecule has 0 aliphatic heterocycles. The van der Waals surface area contributed by atoms with Crippen LogP contribution in [-0.4, -0.2) is 42.6 Å². The third-order valence-electron chi connectivity index (χ3n) is 3.60. The molecule has 0 atom stereocenters. The quantitative estimate of drug-likeness (QED) is 0.706. The van der Waals surface area contributed by atoms with Gasteiger partial charge in [0.1, 0.15) is 5.82 Å². The van der Waals surface area contributed by atoms with Crippen LogP contribution in [0.25, 0.3) is 0 Å². The SMILES string of the molecule is CCc1nnc(SCC(=O)O)n1CC(CC)(CC)SC. The highest BCUT2D eigenvalue weighted by atomic mass is 32.2. The number of carboxylic acid groups (broad SMARTS) is 1. The highest BCUT2D eigenvalue weighted by Gasteiger charge is 2.28. The monoisotopic (exact) mass is 317 g/mol. The van der Waals surface area contributed by atoms with Gasteiger partial charge in [-0.15, -0.1) is 10.2 Å². The van der Waals surface area contributed by atoms with Gasteiger partial charge >= 0.3 is 5.97 Å². The Bertz CT molecular complexity index is 437. The van der Waals surface area contributed by atoms with Gasteiger partial charge < -0.3 is 9.67 Å². The summed E-state index contributed by atoms with van der Waals surface area (Å²) in [5.41, 5.74) is 0. The topological polar surface area (TPSA) is 68.0 Å². The Morgan fingerprint density at radius 2 is 1.95 bits per heavy atom. The molecule has 0 aliphatic carbocycles. The minimum Gasteiger partial charge on any atom is -0.481 e. The summed E-state index contributed by atoms with van der Waals surface area (Å²) in [5, 5.41) is 17.9. The van der Waals surface area contributed by atoms with Gasteiger partial charge in [-0.1, -0.05) is 32.5 Å². The fourth-order valence-electron chi connectivity index (χ4n) is 2.09. The number of carboxylic acids is 1. The molecule has 1 rings (SSSR count). The number of hydrogen-bond acceptors (Lipinski definition) is 5. The van der Waals surface area contributed by atoms with Gasteiger partial charge in [0, 0.05) is 17.7 Å². The third kappa shape index (κ3) is 4.15. The lowest BCUT2D eigenvalue weighted by molar-refractivity contribution is -0.133. The molecule has 7 heteroatoms. The van der Waals surface area contributed by atoms with E-state index < -0.39 is 5.97 Å². The zero-order chi connectivity index (χ0) is 15.2. The molecule has 0 amide bonds. The Labute approximate surface area is 128 Å². The molecule has 1 N–H and O–H groups in total. The lowest BCUT2D eigenvalue weighted by atomic mass is 10.0. The summed E-state index contributed by atoms with van der Waals surface area (Å²) < 4.78 is 2.25. The van der Waals surface area contributed by atoms with E-state index in [1.165, 1.54) is 11.8 Å². The molecule has 0 bridgehead atoms. The zero-order valence-electron chi connectivity index (χ0n) is 12.5. The van der Waals surface area contributed by atoms with Gasteiger partial charge in [-0.2, -0.15) is 11.8 Å². The molecule has 5 nitrogen and oxygen atoms in total. The number of carbonyl (C=O) groups is 1. The summed E-state index contributed by atoms with van der Waals surface area (Å²) in [6.07, 6.45) is 5.07. The van der Waals surface area contributed by atoms with Crippen LogP contribution in [-0.2, 0) is 17.8 Å². The van der Waals surface area contributed by atoms with Crippen molar-refractivity contribution >= 4 is 29.5 Å². The molecule has 1 heterocycles. The van der Waals surface area contributed by atoms with Gasteiger partial charge in [-0.3, -0.25) is 4.79 Å². The van der Waals surface area contributed by atoms with E-state index in [4.69, 9.17) is 5.11 Å². The maximum Gasteiger partial charge on any atom is 0.313 e. The molecule has 1 aromatic heterocycles. The summed E-state index contributed by atoms with van der Waals surface area (Å²) in [4.78, 5) is 10.7. The summed E-state index contributed by atoms with van der Waals surface area (Å²) in [7, 11) is 0. The van der Waals surface area contributed by atoms with E-state index in [1.807, 2.05) is 18.7 Å². The van der Waals surface area contributed by atoms with Gasteiger partial charge in [-0.25, -0.2) is 0 Å². The van der Waals surface area contributed by atoms with Crippen molar-refractivity contribution in [2.24, 2.45) is 0 Å². The van der Waals surface area contributed by atoms with Crippen molar-refractivity contribution in [2.75, 3.05) is 12.0 Å². The number of rotatable bonds is 9. The molecule has 1 aromatic rings. The van der Waals surface area contributed by atoms with Crippen molar-refractivity contribution in [3.63, 3.8) is 0 Å². The van der Waals surface area contributed by atoms with Crippen molar-refractivity contribution in [1.82, 2.24) is 14.8 Å². The van der Waals surface area contributed by atoms with Crippen LogP contribution >= 0.6 is 23.5 Å². The summed E-state index contributed by atoms with van der Waals surface area (Å²) >= 11 is 3.11.